The Bertz CT molecular complexity index is 1770. The Balaban J connectivity index is 1.18. The Labute approximate surface area is 242 Å². The minimum Gasteiger partial charge on any atom is -0.371 e. The quantitative estimate of drug-likeness (QED) is 0.281. The normalized spacial score (nSPS) is 19.9. The average molecular weight is 564 g/mol. The fourth-order valence-corrected chi connectivity index (χ4v) is 6.38. The first-order valence-corrected chi connectivity index (χ1v) is 14.4. The largest absolute Gasteiger partial charge is 0.371 e. The van der Waals surface area contributed by atoms with E-state index in [1.807, 2.05) is 34.1 Å². The van der Waals surface area contributed by atoms with Crippen LogP contribution < -0.4 is 10.2 Å². The second-order valence-corrected chi connectivity index (χ2v) is 11.5. The van der Waals surface area contributed by atoms with Gasteiger partial charge in [0.2, 0.25) is 5.91 Å². The number of fused-ring (bicyclic) bond motifs is 2. The number of benzene rings is 2. The fraction of sp³-hybridized carbons (Fsp3) is 0.344. The van der Waals surface area contributed by atoms with Crippen molar-refractivity contribution in [2.24, 2.45) is 5.92 Å². The molecule has 1 N–H and O–H groups in total. The summed E-state index contributed by atoms with van der Waals surface area (Å²) in [5.74, 6) is -0.851. The molecule has 2 amide bonds. The summed E-state index contributed by atoms with van der Waals surface area (Å²) in [6.07, 6.45) is 5.12. The van der Waals surface area contributed by atoms with E-state index in [0.29, 0.717) is 60.3 Å². The summed E-state index contributed by atoms with van der Waals surface area (Å²) in [5, 5.41) is 15.7. The first kappa shape index (κ1) is 26.1. The minimum atomic E-state index is -0.425. The number of nitrogens with one attached hydrogen (secondary N) is 1. The van der Waals surface area contributed by atoms with Crippen LogP contribution in [-0.2, 0) is 11.2 Å². The second kappa shape index (κ2) is 10.2. The molecule has 1 saturated carbocycles. The Morgan fingerprint density at radius 2 is 1.90 bits per heavy atom. The Morgan fingerprint density at radius 1 is 1.07 bits per heavy atom. The molecule has 2 aromatic heterocycles. The lowest BCUT2D eigenvalue weighted by Gasteiger charge is -2.35. The Kier molecular flexibility index (Phi) is 6.38. The van der Waals surface area contributed by atoms with Crippen molar-refractivity contribution >= 4 is 23.1 Å². The number of hydrogen-bond donors (Lipinski definition) is 1. The summed E-state index contributed by atoms with van der Waals surface area (Å²) in [6, 6.07) is 16.8. The van der Waals surface area contributed by atoms with E-state index in [-0.39, 0.29) is 23.8 Å². The maximum atomic E-state index is 15.5. The third kappa shape index (κ3) is 4.55. The molecule has 42 heavy (non-hydrogen) atoms. The molecular formula is C32H30FN7O2. The lowest BCUT2D eigenvalue weighted by atomic mass is 9.93. The summed E-state index contributed by atoms with van der Waals surface area (Å²) in [7, 11) is 0. The lowest BCUT2D eigenvalue weighted by molar-refractivity contribution is -0.123. The standard InChI is InChI=1S/C32H30FN7O2/c1-19-24-5-3-2-4-20(24)11-13-39(19)32(42)28-15-29(21-6-7-21)40-30(36-28)16-27(37-40)25-9-8-23(14-26(25)33)38-12-10-22(17-38)31(41)35-18-34/h2-5,8-9,14-16,19,21-22H,6-7,10-13,17H2,1H3,(H,35,41)/t19-,22+/m1/s1. The predicted molar refractivity (Wildman–Crippen MR) is 154 cm³/mol. The number of nitrogens with zero attached hydrogens (tertiary/aromatic N) is 6. The van der Waals surface area contributed by atoms with Gasteiger partial charge < -0.3 is 9.80 Å². The third-order valence-electron chi connectivity index (χ3n) is 8.86. The van der Waals surface area contributed by atoms with Gasteiger partial charge in [0.05, 0.1) is 17.7 Å². The smallest absolute Gasteiger partial charge is 0.273 e. The van der Waals surface area contributed by atoms with Crippen LogP contribution in [0.2, 0.25) is 0 Å². The van der Waals surface area contributed by atoms with Crippen LogP contribution in [-0.4, -0.2) is 50.9 Å². The molecule has 3 aliphatic rings. The van der Waals surface area contributed by atoms with Gasteiger partial charge in [-0.15, -0.1) is 0 Å². The molecule has 2 aromatic carbocycles. The molecule has 0 bridgehead atoms. The maximum Gasteiger partial charge on any atom is 0.273 e. The van der Waals surface area contributed by atoms with Crippen LogP contribution >= 0.6 is 0 Å². The highest BCUT2D eigenvalue weighted by molar-refractivity contribution is 5.93. The van der Waals surface area contributed by atoms with Crippen molar-refractivity contribution in [1.29, 1.82) is 5.26 Å². The van der Waals surface area contributed by atoms with E-state index in [1.165, 1.54) is 17.2 Å². The van der Waals surface area contributed by atoms with Gasteiger partial charge in [0.25, 0.3) is 5.91 Å². The molecule has 0 radical (unpaired) electrons. The summed E-state index contributed by atoms with van der Waals surface area (Å²) in [4.78, 5) is 34.4. The van der Waals surface area contributed by atoms with Gasteiger partial charge in [-0.1, -0.05) is 24.3 Å². The number of amides is 2. The summed E-state index contributed by atoms with van der Waals surface area (Å²) in [5.41, 5.74) is 5.76. The monoisotopic (exact) mass is 563 g/mol. The highest BCUT2D eigenvalue weighted by atomic mass is 19.1. The number of carbonyl (C=O) groups excluding carboxylic acids is 2. The molecule has 2 fully saturated rings. The van der Waals surface area contributed by atoms with Crippen LogP contribution in [0.3, 0.4) is 0 Å². The van der Waals surface area contributed by atoms with Crippen molar-refractivity contribution in [3.63, 3.8) is 0 Å². The third-order valence-corrected chi connectivity index (χ3v) is 8.86. The molecule has 1 aliphatic carbocycles. The number of aromatic nitrogens is 3. The fourth-order valence-electron chi connectivity index (χ4n) is 6.38. The first-order chi connectivity index (χ1) is 20.4. The van der Waals surface area contributed by atoms with Crippen LogP contribution in [0, 0.1) is 23.2 Å². The van der Waals surface area contributed by atoms with E-state index in [4.69, 9.17) is 15.3 Å². The van der Waals surface area contributed by atoms with E-state index in [9.17, 15) is 9.59 Å². The summed E-state index contributed by atoms with van der Waals surface area (Å²) in [6.45, 7) is 3.71. The predicted octanol–water partition coefficient (Wildman–Crippen LogP) is 4.60. The van der Waals surface area contributed by atoms with Gasteiger partial charge in [-0.2, -0.15) is 10.4 Å². The molecule has 2 aliphatic heterocycles. The lowest BCUT2D eigenvalue weighted by Crippen LogP contribution is -2.39. The van der Waals surface area contributed by atoms with Gasteiger partial charge in [0.1, 0.15) is 11.5 Å². The minimum absolute atomic E-state index is 0.0513. The molecule has 0 unspecified atom stereocenters. The number of hydrogen-bond acceptors (Lipinski definition) is 6. The number of rotatable bonds is 5. The van der Waals surface area contributed by atoms with Crippen molar-refractivity contribution in [3.8, 4) is 17.5 Å². The SMILES string of the molecule is C[C@@H]1c2ccccc2CCN1C(=O)c1cc(C2CC2)n2nc(-c3ccc(N4CC[C@H](C(=O)NC#N)C4)cc3F)cc2n1. The van der Waals surface area contributed by atoms with Crippen LogP contribution in [0.25, 0.3) is 16.9 Å². The molecule has 2 atom stereocenters. The zero-order chi connectivity index (χ0) is 29.0. The number of carbonyl (C=O) groups is 2. The van der Waals surface area contributed by atoms with Crippen molar-refractivity contribution in [2.75, 3.05) is 24.5 Å². The summed E-state index contributed by atoms with van der Waals surface area (Å²) >= 11 is 0. The zero-order valence-electron chi connectivity index (χ0n) is 23.3. The summed E-state index contributed by atoms with van der Waals surface area (Å²) < 4.78 is 17.3. The number of nitriles is 1. The van der Waals surface area contributed by atoms with E-state index in [0.717, 1.165) is 25.0 Å². The molecule has 4 aromatic rings. The Morgan fingerprint density at radius 3 is 2.69 bits per heavy atom. The number of halogens is 1. The highest BCUT2D eigenvalue weighted by Gasteiger charge is 2.33. The van der Waals surface area contributed by atoms with E-state index >= 15 is 4.39 Å². The maximum absolute atomic E-state index is 15.5. The van der Waals surface area contributed by atoms with Gasteiger partial charge in [0, 0.05) is 48.6 Å². The van der Waals surface area contributed by atoms with Gasteiger partial charge in [-0.3, -0.25) is 14.9 Å². The van der Waals surface area contributed by atoms with Crippen LogP contribution in [0.5, 0.6) is 0 Å². The Hall–Kier alpha value is -4.78. The molecule has 10 heteroatoms. The molecule has 0 spiro atoms. The van der Waals surface area contributed by atoms with Gasteiger partial charge in [-0.05, 0) is 68.0 Å². The van der Waals surface area contributed by atoms with E-state index in [2.05, 4.69) is 24.4 Å². The molecular weight excluding hydrogens is 533 g/mol. The van der Waals surface area contributed by atoms with Crippen LogP contribution in [0.1, 0.15) is 65.5 Å². The van der Waals surface area contributed by atoms with Gasteiger partial charge in [0.15, 0.2) is 11.8 Å². The number of anilines is 1. The van der Waals surface area contributed by atoms with Crippen LogP contribution in [0.4, 0.5) is 10.1 Å². The zero-order valence-corrected chi connectivity index (χ0v) is 23.3. The second-order valence-electron chi connectivity index (χ2n) is 11.5. The van der Waals surface area contributed by atoms with Crippen molar-refractivity contribution in [1.82, 2.24) is 24.8 Å². The molecule has 7 rings (SSSR count). The van der Waals surface area contributed by atoms with Crippen molar-refractivity contribution in [2.45, 2.75) is 44.6 Å². The van der Waals surface area contributed by atoms with Crippen molar-refractivity contribution in [3.05, 3.63) is 82.9 Å². The van der Waals surface area contributed by atoms with E-state index < -0.39 is 5.82 Å². The molecule has 212 valence electrons. The highest BCUT2D eigenvalue weighted by Crippen LogP contribution is 2.41. The molecule has 4 heterocycles. The molecule has 9 nitrogen and oxygen atoms in total. The first-order valence-electron chi connectivity index (χ1n) is 14.4. The van der Waals surface area contributed by atoms with E-state index in [1.54, 1.807) is 22.8 Å². The average Bonchev–Trinajstić information content (AvgIpc) is 3.55. The van der Waals surface area contributed by atoms with Gasteiger partial charge in [-0.25, -0.2) is 13.9 Å². The van der Waals surface area contributed by atoms with Gasteiger partial charge >= 0.3 is 0 Å². The molecule has 1 saturated heterocycles. The topological polar surface area (TPSA) is 107 Å². The van der Waals surface area contributed by atoms with Crippen molar-refractivity contribution < 1.29 is 14.0 Å². The van der Waals surface area contributed by atoms with Crippen LogP contribution in [0.15, 0.2) is 54.6 Å².